The van der Waals surface area contributed by atoms with E-state index in [9.17, 15) is 4.79 Å². The third-order valence-electron chi connectivity index (χ3n) is 3.41. The number of hydrogen-bond acceptors (Lipinski definition) is 4. The maximum absolute atomic E-state index is 11.7. The maximum atomic E-state index is 11.7. The fourth-order valence-electron chi connectivity index (χ4n) is 2.34. The summed E-state index contributed by atoms with van der Waals surface area (Å²) < 4.78 is 12.7. The van der Waals surface area contributed by atoms with Gasteiger partial charge in [-0.15, -0.1) is 0 Å². The predicted octanol–water partition coefficient (Wildman–Crippen LogP) is 2.33. The Morgan fingerprint density at radius 1 is 1.48 bits per heavy atom. The molecule has 0 bridgehead atoms. The van der Waals surface area contributed by atoms with Crippen molar-refractivity contribution in [3.05, 3.63) is 18.2 Å². The van der Waals surface area contributed by atoms with Crippen molar-refractivity contribution in [2.45, 2.75) is 52.3 Å². The Labute approximate surface area is 125 Å². The van der Waals surface area contributed by atoms with Gasteiger partial charge >= 0.3 is 6.09 Å². The van der Waals surface area contributed by atoms with Crippen molar-refractivity contribution in [1.82, 2.24) is 14.9 Å². The van der Waals surface area contributed by atoms with Crippen LogP contribution in [0.25, 0.3) is 0 Å². The molecule has 2 rings (SSSR count). The molecule has 2 heterocycles. The Balaban J connectivity index is 1.84. The van der Waals surface area contributed by atoms with Gasteiger partial charge in [0.25, 0.3) is 0 Å². The van der Waals surface area contributed by atoms with Crippen LogP contribution in [-0.2, 0) is 22.6 Å². The largest absolute Gasteiger partial charge is 0.444 e. The van der Waals surface area contributed by atoms with Crippen LogP contribution in [0.3, 0.4) is 0 Å². The average molecular weight is 295 g/mol. The molecule has 1 N–H and O–H groups in total. The number of nitrogens with zero attached hydrogens (tertiary/aromatic N) is 2. The van der Waals surface area contributed by atoms with Crippen molar-refractivity contribution in [1.29, 1.82) is 0 Å². The number of carbonyl (C=O) groups excluding carboxylic acids is 1. The lowest BCUT2D eigenvalue weighted by atomic mass is 10.0. The highest BCUT2D eigenvalue weighted by Gasteiger charge is 2.18. The lowest BCUT2D eigenvalue weighted by molar-refractivity contribution is 0.0521. The number of aromatic nitrogens is 2. The highest BCUT2D eigenvalue weighted by molar-refractivity contribution is 5.67. The van der Waals surface area contributed by atoms with Crippen LogP contribution < -0.4 is 5.32 Å². The van der Waals surface area contributed by atoms with Gasteiger partial charge in [-0.3, -0.25) is 0 Å². The normalized spacial score (nSPS) is 16.7. The SMILES string of the molecule is CC(C)(C)OC(=O)NCc1cncn1CC1CCOCC1. The first-order valence-electron chi connectivity index (χ1n) is 7.47. The van der Waals surface area contributed by atoms with Crippen LogP contribution in [0.2, 0.25) is 0 Å². The zero-order valence-corrected chi connectivity index (χ0v) is 13.1. The van der Waals surface area contributed by atoms with E-state index in [0.717, 1.165) is 38.3 Å². The molecule has 0 aromatic carbocycles. The minimum Gasteiger partial charge on any atom is -0.444 e. The number of ether oxygens (including phenoxy) is 2. The smallest absolute Gasteiger partial charge is 0.407 e. The molecule has 6 nitrogen and oxygen atoms in total. The van der Waals surface area contributed by atoms with Gasteiger partial charge < -0.3 is 19.4 Å². The zero-order valence-electron chi connectivity index (χ0n) is 13.1. The third kappa shape index (κ3) is 5.38. The Kier molecular flexibility index (Phi) is 5.22. The van der Waals surface area contributed by atoms with Crippen molar-refractivity contribution in [2.24, 2.45) is 5.92 Å². The van der Waals surface area contributed by atoms with Gasteiger partial charge in [0.05, 0.1) is 18.6 Å². The van der Waals surface area contributed by atoms with Crippen molar-refractivity contribution in [3.8, 4) is 0 Å². The topological polar surface area (TPSA) is 65.4 Å². The van der Waals surface area contributed by atoms with E-state index in [0.29, 0.717) is 12.5 Å². The number of rotatable bonds is 4. The summed E-state index contributed by atoms with van der Waals surface area (Å²) >= 11 is 0. The second-order valence-electron chi connectivity index (χ2n) is 6.45. The summed E-state index contributed by atoms with van der Waals surface area (Å²) in [4.78, 5) is 15.9. The van der Waals surface area contributed by atoms with Gasteiger partial charge in [0, 0.05) is 26.0 Å². The lowest BCUT2D eigenvalue weighted by Gasteiger charge is -2.23. The molecule has 0 unspecified atom stereocenters. The Bertz CT molecular complexity index is 459. The summed E-state index contributed by atoms with van der Waals surface area (Å²) in [6.45, 7) is 8.58. The Hall–Kier alpha value is -1.56. The first kappa shape index (κ1) is 15.8. The van der Waals surface area contributed by atoms with Crippen molar-refractivity contribution < 1.29 is 14.3 Å². The molecular formula is C15H25N3O3. The average Bonchev–Trinajstić information content (AvgIpc) is 2.83. The fourth-order valence-corrected chi connectivity index (χ4v) is 2.34. The summed E-state index contributed by atoms with van der Waals surface area (Å²) in [6.07, 6.45) is 5.37. The monoisotopic (exact) mass is 295 g/mol. The number of nitrogens with one attached hydrogen (secondary N) is 1. The first-order valence-corrected chi connectivity index (χ1v) is 7.47. The molecule has 1 aromatic heterocycles. The summed E-state index contributed by atoms with van der Waals surface area (Å²) in [5, 5.41) is 2.77. The minimum absolute atomic E-state index is 0.402. The molecule has 1 fully saturated rings. The second-order valence-corrected chi connectivity index (χ2v) is 6.45. The lowest BCUT2D eigenvalue weighted by Crippen LogP contribution is -2.32. The van der Waals surface area contributed by atoms with Gasteiger partial charge in [-0.2, -0.15) is 0 Å². The molecular weight excluding hydrogens is 270 g/mol. The highest BCUT2D eigenvalue weighted by Crippen LogP contribution is 2.17. The number of amides is 1. The molecule has 6 heteroatoms. The third-order valence-corrected chi connectivity index (χ3v) is 3.41. The summed E-state index contributed by atoms with van der Waals surface area (Å²) in [7, 11) is 0. The number of imidazole rings is 1. The second kappa shape index (κ2) is 6.93. The van der Waals surface area contributed by atoms with Crippen LogP contribution in [0.15, 0.2) is 12.5 Å². The number of alkyl carbamates (subject to hydrolysis) is 1. The summed E-state index contributed by atoms with van der Waals surface area (Å²) in [6, 6.07) is 0. The minimum atomic E-state index is -0.480. The number of carbonyl (C=O) groups is 1. The summed E-state index contributed by atoms with van der Waals surface area (Å²) in [5.41, 5.74) is 0.513. The molecule has 1 aromatic rings. The molecule has 118 valence electrons. The van der Waals surface area contributed by atoms with E-state index in [1.807, 2.05) is 27.1 Å². The van der Waals surface area contributed by atoms with Crippen molar-refractivity contribution in [3.63, 3.8) is 0 Å². The molecule has 0 aliphatic carbocycles. The predicted molar refractivity (Wildman–Crippen MR) is 78.8 cm³/mol. The van der Waals surface area contributed by atoms with Crippen LogP contribution in [0, 0.1) is 5.92 Å². The highest BCUT2D eigenvalue weighted by atomic mass is 16.6. The van der Waals surface area contributed by atoms with Gasteiger partial charge in [-0.25, -0.2) is 9.78 Å². The van der Waals surface area contributed by atoms with E-state index >= 15 is 0 Å². The standard InChI is InChI=1S/C15H25N3O3/c1-15(2,3)21-14(19)17-9-13-8-16-11-18(13)10-12-4-6-20-7-5-12/h8,11-12H,4-7,9-10H2,1-3H3,(H,17,19). The van der Waals surface area contributed by atoms with E-state index < -0.39 is 11.7 Å². The zero-order chi connectivity index (χ0) is 15.3. The fraction of sp³-hybridized carbons (Fsp3) is 0.733. The van der Waals surface area contributed by atoms with Gasteiger partial charge in [-0.05, 0) is 39.5 Å². The maximum Gasteiger partial charge on any atom is 0.407 e. The van der Waals surface area contributed by atoms with Gasteiger partial charge in [0.15, 0.2) is 0 Å². The molecule has 21 heavy (non-hydrogen) atoms. The van der Waals surface area contributed by atoms with Crippen LogP contribution in [-0.4, -0.2) is 34.5 Å². The van der Waals surface area contributed by atoms with E-state index in [1.165, 1.54) is 0 Å². The number of hydrogen-bond donors (Lipinski definition) is 1. The Morgan fingerprint density at radius 3 is 2.86 bits per heavy atom. The quantitative estimate of drug-likeness (QED) is 0.926. The molecule has 0 atom stereocenters. The van der Waals surface area contributed by atoms with Gasteiger partial charge in [-0.1, -0.05) is 0 Å². The molecule has 1 amide bonds. The van der Waals surface area contributed by atoms with Crippen molar-refractivity contribution in [2.75, 3.05) is 13.2 Å². The van der Waals surface area contributed by atoms with Crippen LogP contribution in [0.4, 0.5) is 4.79 Å². The summed E-state index contributed by atoms with van der Waals surface area (Å²) in [5.74, 6) is 0.619. The van der Waals surface area contributed by atoms with Crippen LogP contribution in [0.5, 0.6) is 0 Å². The van der Waals surface area contributed by atoms with E-state index in [2.05, 4.69) is 14.9 Å². The van der Waals surface area contributed by atoms with Gasteiger partial charge in [0.1, 0.15) is 5.60 Å². The molecule has 1 aliphatic heterocycles. The molecule has 1 saturated heterocycles. The van der Waals surface area contributed by atoms with Crippen LogP contribution in [0.1, 0.15) is 39.3 Å². The molecule has 0 saturated carbocycles. The van der Waals surface area contributed by atoms with Gasteiger partial charge in [0.2, 0.25) is 0 Å². The van der Waals surface area contributed by atoms with E-state index in [4.69, 9.17) is 9.47 Å². The van der Waals surface area contributed by atoms with E-state index in [-0.39, 0.29) is 0 Å². The van der Waals surface area contributed by atoms with Crippen LogP contribution >= 0.6 is 0 Å². The first-order chi connectivity index (χ1) is 9.94. The molecule has 0 spiro atoms. The molecule has 0 radical (unpaired) electrons. The molecule has 1 aliphatic rings. The van der Waals surface area contributed by atoms with Crippen molar-refractivity contribution >= 4 is 6.09 Å². The Morgan fingerprint density at radius 2 is 2.19 bits per heavy atom. The van der Waals surface area contributed by atoms with E-state index in [1.54, 1.807) is 6.20 Å².